The molecule has 1 aromatic heterocycles. The van der Waals surface area contributed by atoms with Crippen molar-refractivity contribution in [1.29, 1.82) is 0 Å². The number of nitrogens with zero attached hydrogens (tertiary/aromatic N) is 1. The van der Waals surface area contributed by atoms with Crippen LogP contribution in [0.1, 0.15) is 63.9 Å². The molecule has 6 atom stereocenters. The normalized spacial score (nSPS) is 38.0. The van der Waals surface area contributed by atoms with E-state index in [1.54, 1.807) is 0 Å². The summed E-state index contributed by atoms with van der Waals surface area (Å²) in [5, 5.41) is 11.6. The Morgan fingerprint density at radius 2 is 2.23 bits per heavy atom. The minimum Gasteiger partial charge on any atom is -0.405 e. The molecule has 3 heterocycles. The zero-order chi connectivity index (χ0) is 20.9. The van der Waals surface area contributed by atoms with E-state index in [1.807, 2.05) is 11.3 Å². The van der Waals surface area contributed by atoms with Crippen LogP contribution in [0.3, 0.4) is 0 Å². The van der Waals surface area contributed by atoms with Crippen LogP contribution in [-0.4, -0.2) is 49.4 Å². The summed E-state index contributed by atoms with van der Waals surface area (Å²) in [5.74, 6) is 1.37. The van der Waals surface area contributed by atoms with E-state index >= 15 is 0 Å². The second-order valence-corrected chi connectivity index (χ2v) is 11.4. The molecule has 4 fully saturated rings. The first-order valence-corrected chi connectivity index (χ1v) is 12.7. The predicted molar refractivity (Wildman–Crippen MR) is 123 cm³/mol. The summed E-state index contributed by atoms with van der Waals surface area (Å²) in [5.41, 5.74) is 1.48. The molecule has 2 unspecified atom stereocenters. The molecule has 1 aromatic rings. The fourth-order valence-electron chi connectivity index (χ4n) is 6.49. The summed E-state index contributed by atoms with van der Waals surface area (Å²) < 4.78 is 12.8. The molecule has 0 aromatic carbocycles. The van der Waals surface area contributed by atoms with Crippen LogP contribution in [0.25, 0.3) is 0 Å². The molecule has 0 amide bonds. The SMILES string of the molecule is CCNCB1O[C@@H]2C[C@@H]3C[C@@H](C3(C)CCC(C)Nc3nc4c(s3)CCNC4)[C@]2(C)O1. The number of hydrogen-bond acceptors (Lipinski definition) is 7. The number of anilines is 1. The number of nitrogens with one attached hydrogen (secondary N) is 3. The maximum atomic E-state index is 6.53. The van der Waals surface area contributed by atoms with E-state index in [0.717, 1.165) is 50.0 Å². The van der Waals surface area contributed by atoms with Gasteiger partial charge in [-0.15, -0.1) is 11.3 Å². The number of rotatable bonds is 8. The molecule has 6 rings (SSSR count). The summed E-state index contributed by atoms with van der Waals surface area (Å²) in [6, 6.07) is 0.439. The molecule has 0 radical (unpaired) electrons. The van der Waals surface area contributed by atoms with Gasteiger partial charge in [0.25, 0.3) is 0 Å². The number of fused-ring (bicyclic) bond motifs is 1. The van der Waals surface area contributed by atoms with Crippen molar-refractivity contribution in [3.05, 3.63) is 10.6 Å². The first-order valence-electron chi connectivity index (χ1n) is 11.9. The van der Waals surface area contributed by atoms with Crippen molar-refractivity contribution in [2.45, 2.75) is 84.1 Å². The molecule has 5 aliphatic rings. The lowest BCUT2D eigenvalue weighted by molar-refractivity contribution is -0.211. The van der Waals surface area contributed by atoms with E-state index in [0.29, 0.717) is 17.4 Å². The van der Waals surface area contributed by atoms with Crippen LogP contribution in [0.4, 0.5) is 5.13 Å². The van der Waals surface area contributed by atoms with Gasteiger partial charge in [-0.3, -0.25) is 0 Å². The fourth-order valence-corrected chi connectivity index (χ4v) is 7.58. The Labute approximate surface area is 185 Å². The Bertz CT molecular complexity index is 755. The third-order valence-corrected chi connectivity index (χ3v) is 9.52. The van der Waals surface area contributed by atoms with Gasteiger partial charge in [-0.25, -0.2) is 4.98 Å². The average molecular weight is 432 g/mol. The maximum Gasteiger partial charge on any atom is 0.472 e. The van der Waals surface area contributed by atoms with E-state index in [1.165, 1.54) is 29.8 Å². The zero-order valence-electron chi connectivity index (χ0n) is 18.9. The molecule has 3 N–H and O–H groups in total. The molecule has 6 nitrogen and oxygen atoms in total. The van der Waals surface area contributed by atoms with Gasteiger partial charge in [0.2, 0.25) is 0 Å². The van der Waals surface area contributed by atoms with Crippen LogP contribution in [0.2, 0.25) is 0 Å². The third kappa shape index (κ3) is 3.53. The maximum absolute atomic E-state index is 6.53. The van der Waals surface area contributed by atoms with E-state index < -0.39 is 0 Å². The molecule has 8 heteroatoms. The lowest BCUT2D eigenvalue weighted by atomic mass is 9.41. The molecular formula is C22H37BN4O2S. The van der Waals surface area contributed by atoms with Crippen molar-refractivity contribution in [3.8, 4) is 0 Å². The second-order valence-electron chi connectivity index (χ2n) is 10.3. The van der Waals surface area contributed by atoms with Gasteiger partial charge in [-0.1, -0.05) is 13.8 Å². The summed E-state index contributed by atoms with van der Waals surface area (Å²) in [6.45, 7) is 12.2. The van der Waals surface area contributed by atoms with Crippen LogP contribution in [0.5, 0.6) is 0 Å². The molecule has 166 valence electrons. The Hall–Kier alpha value is -0.665. The van der Waals surface area contributed by atoms with Gasteiger partial charge in [0.15, 0.2) is 5.13 Å². The predicted octanol–water partition coefficient (Wildman–Crippen LogP) is 3.23. The van der Waals surface area contributed by atoms with Crippen LogP contribution < -0.4 is 16.0 Å². The zero-order valence-corrected chi connectivity index (χ0v) is 19.7. The summed E-state index contributed by atoms with van der Waals surface area (Å²) >= 11 is 1.85. The van der Waals surface area contributed by atoms with Gasteiger partial charge in [-0.2, -0.15) is 0 Å². The Morgan fingerprint density at radius 1 is 1.37 bits per heavy atom. The second kappa shape index (κ2) is 8.03. The van der Waals surface area contributed by atoms with Crippen molar-refractivity contribution in [3.63, 3.8) is 0 Å². The Morgan fingerprint density at radius 3 is 3.03 bits per heavy atom. The molecule has 3 aliphatic carbocycles. The molecule has 0 spiro atoms. The number of hydrogen-bond donors (Lipinski definition) is 3. The highest BCUT2D eigenvalue weighted by Gasteiger charge is 2.68. The summed E-state index contributed by atoms with van der Waals surface area (Å²) in [7, 11) is -0.0884. The van der Waals surface area contributed by atoms with Gasteiger partial charge in [0, 0.05) is 30.5 Å². The monoisotopic (exact) mass is 432 g/mol. The quantitative estimate of drug-likeness (QED) is 0.548. The summed E-state index contributed by atoms with van der Waals surface area (Å²) in [4.78, 5) is 6.27. The lowest BCUT2D eigenvalue weighted by Gasteiger charge is -2.66. The van der Waals surface area contributed by atoms with Crippen molar-refractivity contribution in [2.75, 3.05) is 24.9 Å². The standard InChI is InChI=1S/C22H37BN4O2S/c1-5-24-13-23-28-19-11-15-10-18(22(19,4)29-23)21(15,3)8-6-14(2)26-20-27-16-12-25-9-7-17(16)30-20/h14-15,18-19,24-25H,5-13H2,1-4H3,(H,26,27)/t14?,15-,18-,19+,21?,22-/m0/s1. The number of thiazole rings is 1. The van der Waals surface area contributed by atoms with E-state index in [2.05, 4.69) is 43.6 Å². The minimum absolute atomic E-state index is 0.0884. The van der Waals surface area contributed by atoms with Gasteiger partial charge in [-0.05, 0) is 69.7 Å². The molecular weight excluding hydrogens is 395 g/mol. The highest BCUT2D eigenvalue weighted by atomic mass is 32.1. The Balaban J connectivity index is 1.18. The first-order chi connectivity index (χ1) is 14.4. The van der Waals surface area contributed by atoms with E-state index in [9.17, 15) is 0 Å². The van der Waals surface area contributed by atoms with Crippen molar-refractivity contribution >= 4 is 23.6 Å². The average Bonchev–Trinajstić information content (AvgIpc) is 3.29. The highest BCUT2D eigenvalue weighted by Crippen LogP contribution is 2.67. The topological polar surface area (TPSA) is 67.4 Å². The first kappa shape index (κ1) is 21.2. The van der Waals surface area contributed by atoms with Crippen LogP contribution in [0, 0.1) is 17.3 Å². The fraction of sp³-hybridized carbons (Fsp3) is 0.864. The van der Waals surface area contributed by atoms with Crippen molar-refractivity contribution in [2.24, 2.45) is 17.3 Å². The summed E-state index contributed by atoms with van der Waals surface area (Å²) in [6.07, 6.45) is 7.05. The van der Waals surface area contributed by atoms with E-state index in [-0.39, 0.29) is 18.8 Å². The van der Waals surface area contributed by atoms with Gasteiger partial charge >= 0.3 is 7.12 Å². The number of aromatic nitrogens is 1. The van der Waals surface area contributed by atoms with Crippen LogP contribution >= 0.6 is 11.3 Å². The molecule has 30 heavy (non-hydrogen) atoms. The minimum atomic E-state index is -0.123. The van der Waals surface area contributed by atoms with Crippen LogP contribution in [0.15, 0.2) is 0 Å². The van der Waals surface area contributed by atoms with E-state index in [4.69, 9.17) is 14.3 Å². The highest BCUT2D eigenvalue weighted by molar-refractivity contribution is 7.15. The molecule has 2 bridgehead atoms. The van der Waals surface area contributed by atoms with Gasteiger partial charge in [0.1, 0.15) is 0 Å². The molecule has 1 saturated heterocycles. The lowest BCUT2D eigenvalue weighted by Crippen LogP contribution is -2.66. The van der Waals surface area contributed by atoms with Crippen molar-refractivity contribution in [1.82, 2.24) is 15.6 Å². The van der Waals surface area contributed by atoms with Gasteiger partial charge < -0.3 is 25.3 Å². The van der Waals surface area contributed by atoms with Gasteiger partial charge in [0.05, 0.1) is 17.4 Å². The largest absolute Gasteiger partial charge is 0.472 e. The third-order valence-electron chi connectivity index (χ3n) is 8.43. The molecule has 3 saturated carbocycles. The van der Waals surface area contributed by atoms with Crippen molar-refractivity contribution < 1.29 is 9.31 Å². The molecule has 2 aliphatic heterocycles. The smallest absolute Gasteiger partial charge is 0.405 e. The van der Waals surface area contributed by atoms with Crippen LogP contribution in [-0.2, 0) is 22.3 Å². The Kier molecular flexibility index (Phi) is 5.68.